The molecule has 0 aliphatic heterocycles. The van der Waals surface area contributed by atoms with Crippen LogP contribution in [0.3, 0.4) is 0 Å². The highest BCUT2D eigenvalue weighted by Gasteiger charge is 2.30. The second-order valence-electron chi connectivity index (χ2n) is 3.08. The van der Waals surface area contributed by atoms with Gasteiger partial charge in [-0.05, 0) is 25.1 Å². The molecule has 5 heteroatoms. The van der Waals surface area contributed by atoms with Gasteiger partial charge in [0.1, 0.15) is 0 Å². The number of aromatic amines is 1. The maximum absolute atomic E-state index is 12.3. The zero-order valence-electron chi connectivity index (χ0n) is 9.31. The largest absolute Gasteiger partial charge is 0.416 e. The summed E-state index contributed by atoms with van der Waals surface area (Å²) in [5.74, 6) is 0. The molecular formula is C11H13F3N2. The predicted molar refractivity (Wildman–Crippen MR) is 57.2 cm³/mol. The molecule has 1 heterocycles. The minimum atomic E-state index is -4.29. The van der Waals surface area contributed by atoms with Crippen molar-refractivity contribution in [2.45, 2.75) is 26.9 Å². The number of hydrogen-bond donors (Lipinski definition) is 1. The Labute approximate surface area is 91.5 Å². The molecule has 16 heavy (non-hydrogen) atoms. The highest BCUT2D eigenvalue weighted by molar-refractivity contribution is 5.81. The fraction of sp³-hybridized carbons (Fsp3) is 0.364. The van der Waals surface area contributed by atoms with Crippen molar-refractivity contribution in [1.29, 1.82) is 0 Å². The van der Waals surface area contributed by atoms with E-state index < -0.39 is 11.7 Å². The molecule has 1 aromatic carbocycles. The number of alkyl halides is 3. The summed E-state index contributed by atoms with van der Waals surface area (Å²) >= 11 is 0. The van der Waals surface area contributed by atoms with E-state index in [9.17, 15) is 13.2 Å². The van der Waals surface area contributed by atoms with Gasteiger partial charge in [-0.1, -0.05) is 13.8 Å². The fourth-order valence-electron chi connectivity index (χ4n) is 1.31. The Morgan fingerprint density at radius 2 is 1.81 bits per heavy atom. The van der Waals surface area contributed by atoms with Crippen molar-refractivity contribution in [3.8, 4) is 0 Å². The van der Waals surface area contributed by atoms with Crippen LogP contribution in [0.2, 0.25) is 0 Å². The quantitative estimate of drug-likeness (QED) is 0.730. The smallest absolute Gasteiger partial charge is 0.282 e. The lowest BCUT2D eigenvalue weighted by molar-refractivity contribution is -0.137. The van der Waals surface area contributed by atoms with Crippen molar-refractivity contribution in [1.82, 2.24) is 10.2 Å². The molecule has 0 radical (unpaired) electrons. The third kappa shape index (κ3) is 2.35. The molecule has 0 aliphatic rings. The van der Waals surface area contributed by atoms with Crippen LogP contribution in [0, 0.1) is 6.92 Å². The van der Waals surface area contributed by atoms with Crippen LogP contribution in [0.25, 0.3) is 10.9 Å². The van der Waals surface area contributed by atoms with Crippen LogP contribution in [-0.2, 0) is 6.18 Å². The maximum Gasteiger partial charge on any atom is 0.416 e. The first-order chi connectivity index (χ1) is 7.48. The molecular weight excluding hydrogens is 217 g/mol. The highest BCUT2D eigenvalue weighted by Crippen LogP contribution is 2.31. The first-order valence-electron chi connectivity index (χ1n) is 5.00. The lowest BCUT2D eigenvalue weighted by atomic mass is 10.1. The number of aryl methyl sites for hydroxylation is 1. The van der Waals surface area contributed by atoms with Crippen LogP contribution < -0.4 is 0 Å². The standard InChI is InChI=1S/C9H7F3N2.C2H6/c1-5-7-4-6(9(10,11)12)2-3-8(7)14-13-5;1-2/h2-4H,1H3,(H,13,14);1-2H3. The number of hydrogen-bond acceptors (Lipinski definition) is 1. The van der Waals surface area contributed by atoms with Gasteiger partial charge in [0.05, 0.1) is 11.1 Å². The molecule has 0 amide bonds. The summed E-state index contributed by atoms with van der Waals surface area (Å²) < 4.78 is 37.0. The molecule has 0 unspecified atom stereocenters. The maximum atomic E-state index is 12.3. The summed E-state index contributed by atoms with van der Waals surface area (Å²) in [5.41, 5.74) is 0.552. The zero-order chi connectivity index (χ0) is 12.3. The number of rotatable bonds is 0. The predicted octanol–water partition coefficient (Wildman–Crippen LogP) is 3.92. The Balaban J connectivity index is 0.000000606. The number of halogens is 3. The normalized spacial score (nSPS) is 11.1. The average Bonchev–Trinajstić information content (AvgIpc) is 2.62. The van der Waals surface area contributed by atoms with Gasteiger partial charge >= 0.3 is 6.18 Å². The third-order valence-electron chi connectivity index (χ3n) is 2.07. The lowest BCUT2D eigenvalue weighted by Gasteiger charge is -2.05. The van der Waals surface area contributed by atoms with Crippen LogP contribution in [-0.4, -0.2) is 10.2 Å². The first-order valence-corrected chi connectivity index (χ1v) is 5.00. The van der Waals surface area contributed by atoms with Gasteiger partial charge in [0, 0.05) is 11.1 Å². The molecule has 0 aliphatic carbocycles. The third-order valence-corrected chi connectivity index (χ3v) is 2.07. The van der Waals surface area contributed by atoms with Gasteiger partial charge in [0.25, 0.3) is 0 Å². The topological polar surface area (TPSA) is 28.7 Å². The number of nitrogens with one attached hydrogen (secondary N) is 1. The minimum absolute atomic E-state index is 0.514. The molecule has 1 N–H and O–H groups in total. The van der Waals surface area contributed by atoms with Crippen molar-refractivity contribution in [2.75, 3.05) is 0 Å². The van der Waals surface area contributed by atoms with Gasteiger partial charge in [-0.15, -0.1) is 0 Å². The van der Waals surface area contributed by atoms with Gasteiger partial charge in [-0.2, -0.15) is 18.3 Å². The van der Waals surface area contributed by atoms with Crippen LogP contribution in [0.4, 0.5) is 13.2 Å². The van der Waals surface area contributed by atoms with Gasteiger partial charge in [0.2, 0.25) is 0 Å². The van der Waals surface area contributed by atoms with Gasteiger partial charge in [0.15, 0.2) is 0 Å². The van der Waals surface area contributed by atoms with E-state index in [-0.39, 0.29) is 0 Å². The Morgan fingerprint density at radius 3 is 2.38 bits per heavy atom. The summed E-state index contributed by atoms with van der Waals surface area (Å²) in [5, 5.41) is 7.00. The molecule has 0 bridgehead atoms. The molecule has 2 aromatic rings. The monoisotopic (exact) mass is 230 g/mol. The summed E-state index contributed by atoms with van der Waals surface area (Å²) in [7, 11) is 0. The second-order valence-corrected chi connectivity index (χ2v) is 3.08. The highest BCUT2D eigenvalue weighted by atomic mass is 19.4. The lowest BCUT2D eigenvalue weighted by Crippen LogP contribution is -2.04. The molecule has 0 spiro atoms. The van der Waals surface area contributed by atoms with Crippen LogP contribution >= 0.6 is 0 Å². The van der Waals surface area contributed by atoms with Crippen molar-refractivity contribution in [2.24, 2.45) is 0 Å². The number of nitrogens with zero attached hydrogens (tertiary/aromatic N) is 1. The zero-order valence-corrected chi connectivity index (χ0v) is 9.31. The Morgan fingerprint density at radius 1 is 1.19 bits per heavy atom. The molecule has 1 aromatic heterocycles. The number of H-pyrrole nitrogens is 1. The van der Waals surface area contributed by atoms with Gasteiger partial charge < -0.3 is 0 Å². The average molecular weight is 230 g/mol. The Hall–Kier alpha value is -1.52. The van der Waals surface area contributed by atoms with Crippen molar-refractivity contribution >= 4 is 10.9 Å². The van der Waals surface area contributed by atoms with Crippen LogP contribution in [0.5, 0.6) is 0 Å². The summed E-state index contributed by atoms with van der Waals surface area (Å²) in [6.07, 6.45) is -4.29. The molecule has 0 saturated heterocycles. The molecule has 2 nitrogen and oxygen atoms in total. The van der Waals surface area contributed by atoms with E-state index >= 15 is 0 Å². The number of benzene rings is 1. The van der Waals surface area contributed by atoms with E-state index in [1.54, 1.807) is 6.92 Å². The van der Waals surface area contributed by atoms with Crippen molar-refractivity contribution in [3.05, 3.63) is 29.5 Å². The molecule has 88 valence electrons. The van der Waals surface area contributed by atoms with E-state index in [1.165, 1.54) is 6.07 Å². The summed E-state index contributed by atoms with van der Waals surface area (Å²) in [4.78, 5) is 0. The summed E-state index contributed by atoms with van der Waals surface area (Å²) in [6.45, 7) is 5.69. The van der Waals surface area contributed by atoms with E-state index in [2.05, 4.69) is 10.2 Å². The molecule has 0 fully saturated rings. The summed E-state index contributed by atoms with van der Waals surface area (Å²) in [6, 6.07) is 3.50. The van der Waals surface area contributed by atoms with Crippen molar-refractivity contribution < 1.29 is 13.2 Å². The van der Waals surface area contributed by atoms with E-state index in [0.717, 1.165) is 12.1 Å². The Bertz CT molecular complexity index is 472. The molecule has 0 atom stereocenters. The van der Waals surface area contributed by atoms with Crippen LogP contribution in [0.15, 0.2) is 18.2 Å². The number of aromatic nitrogens is 2. The minimum Gasteiger partial charge on any atom is -0.282 e. The second kappa shape index (κ2) is 4.55. The number of fused-ring (bicyclic) bond motifs is 1. The Kier molecular flexibility index (Phi) is 3.57. The van der Waals surface area contributed by atoms with Crippen LogP contribution in [0.1, 0.15) is 25.1 Å². The van der Waals surface area contributed by atoms with Crippen molar-refractivity contribution in [3.63, 3.8) is 0 Å². The van der Waals surface area contributed by atoms with Gasteiger partial charge in [-0.3, -0.25) is 5.10 Å². The molecule has 2 rings (SSSR count). The first kappa shape index (κ1) is 12.5. The SMILES string of the molecule is CC.Cc1[nH]nc2ccc(C(F)(F)F)cc12. The van der Waals surface area contributed by atoms with E-state index in [1.807, 2.05) is 13.8 Å². The van der Waals surface area contributed by atoms with Gasteiger partial charge in [-0.25, -0.2) is 0 Å². The fourth-order valence-corrected chi connectivity index (χ4v) is 1.31. The molecule has 0 saturated carbocycles. The van der Waals surface area contributed by atoms with E-state index in [0.29, 0.717) is 16.6 Å². The van der Waals surface area contributed by atoms with E-state index in [4.69, 9.17) is 0 Å².